The molecule has 3 nitrogen and oxygen atoms in total. The van der Waals surface area contributed by atoms with Gasteiger partial charge in [0, 0.05) is 10.9 Å². The number of carbonyl (C=O) groups excluding carboxylic acids is 1. The van der Waals surface area contributed by atoms with E-state index in [1.54, 1.807) is 0 Å². The molecule has 0 radical (unpaired) electrons. The summed E-state index contributed by atoms with van der Waals surface area (Å²) in [7, 11) is 0. The summed E-state index contributed by atoms with van der Waals surface area (Å²) < 4.78 is 5.99. The molecule has 4 heteroatoms. The van der Waals surface area contributed by atoms with Crippen LogP contribution in [0, 0.1) is 5.92 Å². The van der Waals surface area contributed by atoms with Crippen molar-refractivity contribution in [3.63, 3.8) is 0 Å². The molecule has 1 heterocycles. The van der Waals surface area contributed by atoms with Crippen molar-refractivity contribution in [1.29, 1.82) is 0 Å². The highest BCUT2D eigenvalue weighted by atomic mass is 35.5. The zero-order valence-electron chi connectivity index (χ0n) is 13.3. The maximum atomic E-state index is 12.8. The molecule has 0 unspecified atom stereocenters. The van der Waals surface area contributed by atoms with Crippen molar-refractivity contribution >= 4 is 17.6 Å². The van der Waals surface area contributed by atoms with Gasteiger partial charge in [0.15, 0.2) is 0 Å². The highest BCUT2D eigenvalue weighted by Crippen LogP contribution is 2.50. The summed E-state index contributed by atoms with van der Waals surface area (Å²) in [6.45, 7) is 6.12. The number of esters is 1. The van der Waals surface area contributed by atoms with Crippen LogP contribution in [0.1, 0.15) is 45.1 Å². The maximum Gasteiger partial charge on any atom is 0.317 e. The monoisotopic (exact) mass is 321 g/mol. The lowest BCUT2D eigenvalue weighted by Gasteiger charge is -2.37. The van der Waals surface area contributed by atoms with Crippen molar-refractivity contribution in [3.8, 4) is 0 Å². The number of ether oxygens (including phenoxy) is 1. The lowest BCUT2D eigenvalue weighted by Crippen LogP contribution is -2.44. The number of hydrogen-bond acceptors (Lipinski definition) is 3. The Bertz CT molecular complexity index is 543. The van der Waals surface area contributed by atoms with Crippen molar-refractivity contribution in [3.05, 3.63) is 34.9 Å². The molecule has 1 aliphatic heterocycles. The quantitative estimate of drug-likeness (QED) is 0.859. The third-order valence-electron chi connectivity index (χ3n) is 5.22. The molecule has 1 aromatic rings. The standard InChI is InChI=1S/C18H24ClNO2/c1-17(2,13-7-11-20-12-8-13)22-16(21)18(9-10-18)14-3-5-15(19)6-4-14/h3-6,13,20H,7-12H2,1-2H3. The van der Waals surface area contributed by atoms with E-state index in [2.05, 4.69) is 19.2 Å². The van der Waals surface area contributed by atoms with E-state index in [9.17, 15) is 4.79 Å². The molecule has 0 amide bonds. The van der Waals surface area contributed by atoms with Crippen LogP contribution in [0.3, 0.4) is 0 Å². The summed E-state index contributed by atoms with van der Waals surface area (Å²) in [6.07, 6.45) is 3.87. The molecule has 120 valence electrons. The van der Waals surface area contributed by atoms with E-state index in [1.165, 1.54) is 0 Å². The Hall–Kier alpha value is -1.06. The van der Waals surface area contributed by atoms with Gasteiger partial charge in [-0.25, -0.2) is 0 Å². The smallest absolute Gasteiger partial charge is 0.317 e. The average Bonchev–Trinajstić information content (AvgIpc) is 3.30. The summed E-state index contributed by atoms with van der Waals surface area (Å²) in [6, 6.07) is 7.60. The second-order valence-electron chi connectivity index (χ2n) is 7.11. The molecule has 0 aromatic heterocycles. The second kappa shape index (κ2) is 5.86. The SMILES string of the molecule is CC(C)(OC(=O)C1(c2ccc(Cl)cc2)CC1)C1CCNCC1. The van der Waals surface area contributed by atoms with Crippen LogP contribution < -0.4 is 5.32 Å². The van der Waals surface area contributed by atoms with Gasteiger partial charge in [0.05, 0.1) is 5.41 Å². The van der Waals surface area contributed by atoms with Crippen LogP contribution in [0.4, 0.5) is 0 Å². The van der Waals surface area contributed by atoms with Crippen LogP contribution in [0.25, 0.3) is 0 Å². The number of rotatable bonds is 4. The van der Waals surface area contributed by atoms with E-state index >= 15 is 0 Å². The highest BCUT2D eigenvalue weighted by molar-refractivity contribution is 6.30. The Morgan fingerprint density at radius 3 is 2.36 bits per heavy atom. The second-order valence-corrected chi connectivity index (χ2v) is 7.54. The average molecular weight is 322 g/mol. The first kappa shape index (κ1) is 15.8. The van der Waals surface area contributed by atoms with Gasteiger partial charge in [0.1, 0.15) is 5.60 Å². The van der Waals surface area contributed by atoms with E-state index in [0.717, 1.165) is 44.3 Å². The fourth-order valence-electron chi connectivity index (χ4n) is 3.44. The van der Waals surface area contributed by atoms with Crippen molar-refractivity contribution in [2.45, 2.75) is 50.5 Å². The maximum absolute atomic E-state index is 12.8. The van der Waals surface area contributed by atoms with Crippen molar-refractivity contribution in [2.75, 3.05) is 13.1 Å². The van der Waals surface area contributed by atoms with Crippen molar-refractivity contribution in [2.24, 2.45) is 5.92 Å². The van der Waals surface area contributed by atoms with Gasteiger partial charge in [-0.15, -0.1) is 0 Å². The van der Waals surface area contributed by atoms with E-state index in [1.807, 2.05) is 24.3 Å². The van der Waals surface area contributed by atoms with Gasteiger partial charge in [0.25, 0.3) is 0 Å². The van der Waals surface area contributed by atoms with E-state index in [0.29, 0.717) is 10.9 Å². The van der Waals surface area contributed by atoms with Crippen molar-refractivity contribution in [1.82, 2.24) is 5.32 Å². The molecule has 1 aliphatic carbocycles. The van der Waals surface area contributed by atoms with Gasteiger partial charge >= 0.3 is 5.97 Å². The number of piperidine rings is 1. The number of carbonyl (C=O) groups is 1. The lowest BCUT2D eigenvalue weighted by molar-refractivity contribution is -0.166. The molecular formula is C18H24ClNO2. The molecule has 1 N–H and O–H groups in total. The van der Waals surface area contributed by atoms with E-state index in [4.69, 9.17) is 16.3 Å². The largest absolute Gasteiger partial charge is 0.459 e. The number of benzene rings is 1. The number of nitrogens with one attached hydrogen (secondary N) is 1. The summed E-state index contributed by atoms with van der Waals surface area (Å²) in [5.41, 5.74) is 0.193. The molecule has 1 aromatic carbocycles. The zero-order chi connectivity index (χ0) is 15.8. The predicted molar refractivity (Wildman–Crippen MR) is 88.1 cm³/mol. The summed E-state index contributed by atoms with van der Waals surface area (Å²) in [4.78, 5) is 12.8. The molecular weight excluding hydrogens is 298 g/mol. The molecule has 0 atom stereocenters. The van der Waals surface area contributed by atoms with Gasteiger partial charge in [-0.2, -0.15) is 0 Å². The Labute approximate surface area is 137 Å². The molecule has 2 fully saturated rings. The molecule has 3 rings (SSSR count). The predicted octanol–water partition coefficient (Wildman–Crippen LogP) is 3.69. The van der Waals surface area contributed by atoms with Gasteiger partial charge < -0.3 is 10.1 Å². The van der Waals surface area contributed by atoms with Gasteiger partial charge in [-0.05, 0) is 70.3 Å². The third kappa shape index (κ3) is 3.02. The molecule has 22 heavy (non-hydrogen) atoms. The summed E-state index contributed by atoms with van der Waals surface area (Å²) >= 11 is 5.95. The van der Waals surface area contributed by atoms with E-state index < -0.39 is 11.0 Å². The number of hydrogen-bond donors (Lipinski definition) is 1. The topological polar surface area (TPSA) is 38.3 Å². The fourth-order valence-corrected chi connectivity index (χ4v) is 3.57. The number of halogens is 1. The first-order valence-electron chi connectivity index (χ1n) is 8.14. The van der Waals surface area contributed by atoms with Crippen LogP contribution in [0.2, 0.25) is 5.02 Å². The summed E-state index contributed by atoms with van der Waals surface area (Å²) in [5, 5.41) is 4.06. The lowest BCUT2D eigenvalue weighted by atomic mass is 9.83. The Morgan fingerprint density at radius 1 is 1.23 bits per heavy atom. The van der Waals surface area contributed by atoms with Gasteiger partial charge in [0.2, 0.25) is 0 Å². The minimum Gasteiger partial charge on any atom is -0.459 e. The van der Waals surface area contributed by atoms with Crippen LogP contribution in [0.15, 0.2) is 24.3 Å². The van der Waals surface area contributed by atoms with Crippen LogP contribution >= 0.6 is 11.6 Å². The van der Waals surface area contributed by atoms with Crippen LogP contribution in [0.5, 0.6) is 0 Å². The summed E-state index contributed by atoms with van der Waals surface area (Å²) in [5.74, 6) is 0.358. The van der Waals surface area contributed by atoms with Crippen molar-refractivity contribution < 1.29 is 9.53 Å². The molecule has 0 bridgehead atoms. The first-order valence-corrected chi connectivity index (χ1v) is 8.52. The van der Waals surface area contributed by atoms with Gasteiger partial charge in [-0.3, -0.25) is 4.79 Å². The molecule has 1 saturated heterocycles. The minimum absolute atomic E-state index is 0.0710. The minimum atomic E-state index is -0.436. The highest BCUT2D eigenvalue weighted by Gasteiger charge is 2.54. The first-order chi connectivity index (χ1) is 10.4. The van der Waals surface area contributed by atoms with Crippen LogP contribution in [-0.2, 0) is 14.9 Å². The van der Waals surface area contributed by atoms with Crippen LogP contribution in [-0.4, -0.2) is 24.7 Å². The molecule has 1 saturated carbocycles. The molecule has 2 aliphatic rings. The zero-order valence-corrected chi connectivity index (χ0v) is 14.1. The molecule has 0 spiro atoms. The third-order valence-corrected chi connectivity index (χ3v) is 5.47. The Morgan fingerprint density at radius 2 is 1.82 bits per heavy atom. The van der Waals surface area contributed by atoms with E-state index in [-0.39, 0.29) is 5.97 Å². The fraction of sp³-hybridized carbons (Fsp3) is 0.611. The Balaban J connectivity index is 1.72. The Kier molecular flexibility index (Phi) is 4.21. The normalized spacial score (nSPS) is 21.4. The van der Waals surface area contributed by atoms with Gasteiger partial charge in [-0.1, -0.05) is 23.7 Å².